The zero-order chi connectivity index (χ0) is 13.9. The Bertz CT molecular complexity index is 793. The number of fused-ring (bicyclic) bond motifs is 1. The van der Waals surface area contributed by atoms with Crippen LogP contribution in [-0.2, 0) is 6.54 Å². The minimum Gasteiger partial charge on any atom is -0.383 e. The second-order valence-corrected chi connectivity index (χ2v) is 4.81. The maximum Gasteiger partial charge on any atom is 0.350 e. The van der Waals surface area contributed by atoms with Gasteiger partial charge in [-0.15, -0.1) is 5.10 Å². The SMILES string of the molecule is O=c1n(CCNc2cccc(Cl)c2)nc2ccccn12. The summed E-state index contributed by atoms with van der Waals surface area (Å²) in [5.74, 6) is 0. The minimum atomic E-state index is -0.131. The van der Waals surface area contributed by atoms with Crippen molar-refractivity contribution < 1.29 is 0 Å². The van der Waals surface area contributed by atoms with Gasteiger partial charge in [-0.1, -0.05) is 23.7 Å². The van der Waals surface area contributed by atoms with Gasteiger partial charge in [-0.05, 0) is 30.3 Å². The predicted octanol–water partition coefficient (Wildman–Crippen LogP) is 2.26. The molecule has 2 aromatic heterocycles. The fourth-order valence-corrected chi connectivity index (χ4v) is 2.21. The Morgan fingerprint density at radius 2 is 2.10 bits per heavy atom. The van der Waals surface area contributed by atoms with Gasteiger partial charge in [-0.25, -0.2) is 9.48 Å². The number of halogens is 1. The van der Waals surface area contributed by atoms with Crippen molar-refractivity contribution in [2.24, 2.45) is 0 Å². The van der Waals surface area contributed by atoms with Gasteiger partial charge in [0.1, 0.15) is 0 Å². The molecule has 0 aliphatic rings. The largest absolute Gasteiger partial charge is 0.383 e. The Kier molecular flexibility index (Phi) is 3.43. The van der Waals surface area contributed by atoms with Gasteiger partial charge in [-0.3, -0.25) is 4.40 Å². The maximum atomic E-state index is 12.0. The van der Waals surface area contributed by atoms with Crippen molar-refractivity contribution in [1.82, 2.24) is 14.2 Å². The van der Waals surface area contributed by atoms with Crippen LogP contribution in [-0.4, -0.2) is 20.7 Å². The molecule has 0 saturated carbocycles. The Morgan fingerprint density at radius 1 is 1.20 bits per heavy atom. The number of nitrogens with one attached hydrogen (secondary N) is 1. The molecule has 1 aromatic carbocycles. The summed E-state index contributed by atoms with van der Waals surface area (Å²) in [6, 6.07) is 12.9. The van der Waals surface area contributed by atoms with Crippen molar-refractivity contribution in [2.45, 2.75) is 6.54 Å². The van der Waals surface area contributed by atoms with Gasteiger partial charge < -0.3 is 5.32 Å². The molecule has 0 fully saturated rings. The number of hydrogen-bond acceptors (Lipinski definition) is 3. The lowest BCUT2D eigenvalue weighted by molar-refractivity contribution is 0.614. The van der Waals surface area contributed by atoms with Crippen LogP contribution in [0, 0.1) is 0 Å². The standard InChI is InChI=1S/C14H13ClN4O/c15-11-4-3-5-12(10-11)16-7-9-19-14(20)18-8-2-1-6-13(18)17-19/h1-6,8,10,16H,7,9H2. The molecule has 3 aromatic rings. The molecular formula is C14H13ClN4O. The van der Waals surface area contributed by atoms with E-state index in [9.17, 15) is 4.79 Å². The fourth-order valence-electron chi connectivity index (χ4n) is 2.02. The molecule has 0 bridgehead atoms. The topological polar surface area (TPSA) is 51.3 Å². The molecule has 3 rings (SSSR count). The highest BCUT2D eigenvalue weighted by Gasteiger charge is 2.04. The summed E-state index contributed by atoms with van der Waals surface area (Å²) in [6.07, 6.45) is 1.71. The lowest BCUT2D eigenvalue weighted by Crippen LogP contribution is -2.24. The van der Waals surface area contributed by atoms with Gasteiger partial charge in [-0.2, -0.15) is 0 Å². The highest BCUT2D eigenvalue weighted by atomic mass is 35.5. The highest BCUT2D eigenvalue weighted by Crippen LogP contribution is 2.14. The molecular weight excluding hydrogens is 276 g/mol. The van der Waals surface area contributed by atoms with E-state index in [0.29, 0.717) is 23.8 Å². The molecule has 0 atom stereocenters. The number of benzene rings is 1. The van der Waals surface area contributed by atoms with Crippen LogP contribution >= 0.6 is 11.6 Å². The van der Waals surface area contributed by atoms with E-state index in [1.807, 2.05) is 42.5 Å². The van der Waals surface area contributed by atoms with Gasteiger partial charge in [0.2, 0.25) is 0 Å². The first-order valence-electron chi connectivity index (χ1n) is 6.28. The third-order valence-electron chi connectivity index (χ3n) is 2.97. The Labute approximate surface area is 120 Å². The molecule has 5 nitrogen and oxygen atoms in total. The number of aromatic nitrogens is 3. The second kappa shape index (κ2) is 5.38. The molecule has 0 amide bonds. The van der Waals surface area contributed by atoms with Crippen molar-refractivity contribution in [2.75, 3.05) is 11.9 Å². The first-order valence-corrected chi connectivity index (χ1v) is 6.65. The van der Waals surface area contributed by atoms with Crippen LogP contribution in [0.25, 0.3) is 5.65 Å². The van der Waals surface area contributed by atoms with E-state index in [4.69, 9.17) is 11.6 Å². The third kappa shape index (κ3) is 2.53. The van der Waals surface area contributed by atoms with Crippen LogP contribution in [0.1, 0.15) is 0 Å². The molecule has 102 valence electrons. The van der Waals surface area contributed by atoms with E-state index < -0.39 is 0 Å². The van der Waals surface area contributed by atoms with Crippen molar-refractivity contribution in [3.05, 3.63) is 64.2 Å². The Morgan fingerprint density at radius 3 is 2.90 bits per heavy atom. The average molecular weight is 289 g/mol. The van der Waals surface area contributed by atoms with E-state index in [0.717, 1.165) is 5.69 Å². The van der Waals surface area contributed by atoms with E-state index in [2.05, 4.69) is 10.4 Å². The molecule has 0 aliphatic heterocycles. The lowest BCUT2D eigenvalue weighted by Gasteiger charge is -2.05. The molecule has 0 aliphatic carbocycles. The fraction of sp³-hybridized carbons (Fsp3) is 0.143. The van der Waals surface area contributed by atoms with E-state index in [-0.39, 0.29) is 5.69 Å². The number of rotatable bonds is 4. The zero-order valence-corrected chi connectivity index (χ0v) is 11.4. The van der Waals surface area contributed by atoms with Crippen LogP contribution in [0.3, 0.4) is 0 Å². The molecule has 0 spiro atoms. The summed E-state index contributed by atoms with van der Waals surface area (Å²) in [7, 11) is 0. The molecule has 1 N–H and O–H groups in total. The van der Waals surface area contributed by atoms with Crippen LogP contribution in [0.5, 0.6) is 0 Å². The molecule has 0 saturated heterocycles. The molecule has 6 heteroatoms. The number of pyridine rings is 1. The van der Waals surface area contributed by atoms with Gasteiger partial charge >= 0.3 is 5.69 Å². The molecule has 2 heterocycles. The Hall–Kier alpha value is -2.27. The second-order valence-electron chi connectivity index (χ2n) is 4.37. The first kappa shape index (κ1) is 12.7. The summed E-state index contributed by atoms with van der Waals surface area (Å²) in [4.78, 5) is 12.0. The van der Waals surface area contributed by atoms with Crippen LogP contribution < -0.4 is 11.0 Å². The van der Waals surface area contributed by atoms with Crippen molar-refractivity contribution in [1.29, 1.82) is 0 Å². The minimum absolute atomic E-state index is 0.131. The number of nitrogens with zero attached hydrogens (tertiary/aromatic N) is 3. The summed E-state index contributed by atoms with van der Waals surface area (Å²) in [5, 5.41) is 8.15. The van der Waals surface area contributed by atoms with Gasteiger partial charge in [0.05, 0.1) is 6.54 Å². The quantitative estimate of drug-likeness (QED) is 0.801. The normalized spacial score (nSPS) is 10.8. The van der Waals surface area contributed by atoms with Gasteiger partial charge in [0, 0.05) is 23.5 Å². The monoisotopic (exact) mass is 288 g/mol. The maximum absolute atomic E-state index is 12.0. The van der Waals surface area contributed by atoms with Crippen LogP contribution in [0.2, 0.25) is 5.02 Å². The van der Waals surface area contributed by atoms with Crippen LogP contribution in [0.15, 0.2) is 53.5 Å². The molecule has 0 unspecified atom stereocenters. The number of hydrogen-bond donors (Lipinski definition) is 1. The van der Waals surface area contributed by atoms with E-state index >= 15 is 0 Å². The summed E-state index contributed by atoms with van der Waals surface area (Å²) < 4.78 is 2.98. The number of anilines is 1. The van der Waals surface area contributed by atoms with E-state index in [1.165, 1.54) is 9.08 Å². The third-order valence-corrected chi connectivity index (χ3v) is 3.20. The highest BCUT2D eigenvalue weighted by molar-refractivity contribution is 6.30. The smallest absolute Gasteiger partial charge is 0.350 e. The summed E-state index contributed by atoms with van der Waals surface area (Å²) in [5.41, 5.74) is 1.45. The predicted molar refractivity (Wildman–Crippen MR) is 79.4 cm³/mol. The van der Waals surface area contributed by atoms with E-state index in [1.54, 1.807) is 6.20 Å². The molecule has 0 radical (unpaired) electrons. The first-order chi connectivity index (χ1) is 9.74. The summed E-state index contributed by atoms with van der Waals surface area (Å²) >= 11 is 5.91. The zero-order valence-electron chi connectivity index (χ0n) is 10.7. The Balaban J connectivity index is 1.71. The average Bonchev–Trinajstić information content (AvgIpc) is 2.76. The van der Waals surface area contributed by atoms with Crippen LogP contribution in [0.4, 0.5) is 5.69 Å². The van der Waals surface area contributed by atoms with Crippen molar-refractivity contribution in [3.63, 3.8) is 0 Å². The summed E-state index contributed by atoms with van der Waals surface area (Å²) in [6.45, 7) is 1.09. The van der Waals surface area contributed by atoms with Gasteiger partial charge in [0.25, 0.3) is 0 Å². The van der Waals surface area contributed by atoms with Crippen molar-refractivity contribution in [3.8, 4) is 0 Å². The molecule has 20 heavy (non-hydrogen) atoms. The van der Waals surface area contributed by atoms with Gasteiger partial charge in [0.15, 0.2) is 5.65 Å². The van der Waals surface area contributed by atoms with Crippen molar-refractivity contribution >= 4 is 22.9 Å². The lowest BCUT2D eigenvalue weighted by atomic mass is 10.3.